The minimum absolute atomic E-state index is 0.0264. The quantitative estimate of drug-likeness (QED) is 0.710. The summed E-state index contributed by atoms with van der Waals surface area (Å²) < 4.78 is 0. The van der Waals surface area contributed by atoms with Crippen molar-refractivity contribution in [3.05, 3.63) is 29.6 Å². The van der Waals surface area contributed by atoms with Crippen molar-refractivity contribution in [3.63, 3.8) is 0 Å². The SMILES string of the molecule is CC/C=C(/C)C(=O)NCc1ccn[nH]1. The van der Waals surface area contributed by atoms with Gasteiger partial charge < -0.3 is 5.32 Å². The van der Waals surface area contributed by atoms with Gasteiger partial charge in [-0.25, -0.2) is 0 Å². The lowest BCUT2D eigenvalue weighted by molar-refractivity contribution is -0.117. The number of aromatic nitrogens is 2. The van der Waals surface area contributed by atoms with Gasteiger partial charge in [0.2, 0.25) is 5.91 Å². The molecule has 2 N–H and O–H groups in total. The lowest BCUT2D eigenvalue weighted by Gasteiger charge is -2.02. The predicted octanol–water partition coefficient (Wildman–Crippen LogP) is 1.38. The Morgan fingerprint density at radius 1 is 1.71 bits per heavy atom. The van der Waals surface area contributed by atoms with Gasteiger partial charge >= 0.3 is 0 Å². The maximum Gasteiger partial charge on any atom is 0.246 e. The Morgan fingerprint density at radius 2 is 2.50 bits per heavy atom. The Morgan fingerprint density at radius 3 is 3.07 bits per heavy atom. The van der Waals surface area contributed by atoms with Gasteiger partial charge in [0.25, 0.3) is 0 Å². The van der Waals surface area contributed by atoms with E-state index in [0.29, 0.717) is 6.54 Å². The van der Waals surface area contributed by atoms with Crippen LogP contribution in [-0.4, -0.2) is 16.1 Å². The molecule has 76 valence electrons. The predicted molar refractivity (Wildman–Crippen MR) is 54.5 cm³/mol. The van der Waals surface area contributed by atoms with Crippen LogP contribution in [0.1, 0.15) is 26.0 Å². The lowest BCUT2D eigenvalue weighted by atomic mass is 10.2. The highest BCUT2D eigenvalue weighted by Crippen LogP contribution is 1.96. The largest absolute Gasteiger partial charge is 0.347 e. The fraction of sp³-hybridized carbons (Fsp3) is 0.400. The first-order chi connectivity index (χ1) is 6.74. The molecule has 0 unspecified atom stereocenters. The number of aromatic amines is 1. The Hall–Kier alpha value is -1.58. The van der Waals surface area contributed by atoms with Gasteiger partial charge in [0.05, 0.1) is 12.2 Å². The summed E-state index contributed by atoms with van der Waals surface area (Å²) in [5.74, 6) is -0.0264. The summed E-state index contributed by atoms with van der Waals surface area (Å²) in [6.07, 6.45) is 4.45. The van der Waals surface area contributed by atoms with E-state index in [-0.39, 0.29) is 5.91 Å². The van der Waals surface area contributed by atoms with Crippen LogP contribution >= 0.6 is 0 Å². The number of hydrogen-bond donors (Lipinski definition) is 2. The number of hydrogen-bond acceptors (Lipinski definition) is 2. The molecule has 0 aliphatic rings. The monoisotopic (exact) mass is 193 g/mol. The summed E-state index contributed by atoms with van der Waals surface area (Å²) in [5.41, 5.74) is 1.66. The minimum atomic E-state index is -0.0264. The molecule has 1 amide bonds. The minimum Gasteiger partial charge on any atom is -0.347 e. The van der Waals surface area contributed by atoms with Gasteiger partial charge in [-0.1, -0.05) is 13.0 Å². The molecule has 0 radical (unpaired) electrons. The zero-order valence-electron chi connectivity index (χ0n) is 8.50. The van der Waals surface area contributed by atoms with Gasteiger partial charge in [0, 0.05) is 11.8 Å². The molecule has 0 aromatic carbocycles. The van der Waals surface area contributed by atoms with Gasteiger partial charge in [-0.05, 0) is 19.4 Å². The summed E-state index contributed by atoms with van der Waals surface area (Å²) in [6.45, 7) is 4.31. The maximum atomic E-state index is 11.4. The van der Waals surface area contributed by atoms with Crippen LogP contribution in [0.3, 0.4) is 0 Å². The summed E-state index contributed by atoms with van der Waals surface area (Å²) >= 11 is 0. The van der Waals surface area contributed by atoms with E-state index in [2.05, 4.69) is 15.5 Å². The number of nitrogens with zero attached hydrogens (tertiary/aromatic N) is 1. The second-order valence-corrected chi connectivity index (χ2v) is 3.06. The molecule has 4 nitrogen and oxygen atoms in total. The molecule has 14 heavy (non-hydrogen) atoms. The first kappa shape index (κ1) is 10.5. The van der Waals surface area contributed by atoms with Crippen molar-refractivity contribution in [2.24, 2.45) is 0 Å². The van der Waals surface area contributed by atoms with Crippen molar-refractivity contribution in [2.45, 2.75) is 26.8 Å². The fourth-order valence-electron chi connectivity index (χ4n) is 1.10. The Labute approximate surface area is 83.4 Å². The van der Waals surface area contributed by atoms with Crippen molar-refractivity contribution >= 4 is 5.91 Å². The van der Waals surface area contributed by atoms with Crippen molar-refractivity contribution in [2.75, 3.05) is 0 Å². The summed E-state index contributed by atoms with van der Waals surface area (Å²) in [5, 5.41) is 9.36. The van der Waals surface area contributed by atoms with E-state index in [1.54, 1.807) is 6.20 Å². The van der Waals surface area contributed by atoms with Gasteiger partial charge in [-0.15, -0.1) is 0 Å². The third-order valence-corrected chi connectivity index (χ3v) is 1.87. The highest BCUT2D eigenvalue weighted by atomic mass is 16.1. The van der Waals surface area contributed by atoms with E-state index in [1.807, 2.05) is 26.0 Å². The molecule has 0 saturated heterocycles. The molecule has 0 spiro atoms. The number of carbonyl (C=O) groups is 1. The highest BCUT2D eigenvalue weighted by molar-refractivity contribution is 5.92. The van der Waals surface area contributed by atoms with Crippen LogP contribution in [0.4, 0.5) is 0 Å². The standard InChI is InChI=1S/C10H15N3O/c1-3-4-8(2)10(14)11-7-9-5-6-12-13-9/h4-6H,3,7H2,1-2H3,(H,11,14)(H,12,13)/b8-4-. The molecule has 1 rings (SSSR count). The van der Waals surface area contributed by atoms with Crippen LogP contribution in [0.15, 0.2) is 23.9 Å². The molecular formula is C10H15N3O. The molecule has 4 heteroatoms. The average molecular weight is 193 g/mol. The van der Waals surface area contributed by atoms with Crippen LogP contribution in [-0.2, 0) is 11.3 Å². The topological polar surface area (TPSA) is 57.8 Å². The van der Waals surface area contributed by atoms with E-state index in [4.69, 9.17) is 0 Å². The molecule has 0 bridgehead atoms. The first-order valence-corrected chi connectivity index (χ1v) is 4.67. The van der Waals surface area contributed by atoms with Gasteiger partial charge in [-0.2, -0.15) is 5.10 Å². The molecule has 0 saturated carbocycles. The third kappa shape index (κ3) is 3.05. The van der Waals surface area contributed by atoms with Crippen LogP contribution in [0.2, 0.25) is 0 Å². The number of allylic oxidation sites excluding steroid dienone is 1. The van der Waals surface area contributed by atoms with Crippen molar-refractivity contribution in [1.82, 2.24) is 15.5 Å². The molecule has 0 fully saturated rings. The summed E-state index contributed by atoms with van der Waals surface area (Å²) in [4.78, 5) is 11.4. The first-order valence-electron chi connectivity index (χ1n) is 4.67. The van der Waals surface area contributed by atoms with E-state index in [0.717, 1.165) is 17.7 Å². The average Bonchev–Trinajstić information content (AvgIpc) is 2.67. The molecular weight excluding hydrogens is 178 g/mol. The summed E-state index contributed by atoms with van der Waals surface area (Å²) in [6, 6.07) is 1.83. The molecule has 1 heterocycles. The molecule has 1 aromatic rings. The second kappa shape index (κ2) is 5.21. The smallest absolute Gasteiger partial charge is 0.246 e. The Bertz CT molecular complexity index is 314. The maximum absolute atomic E-state index is 11.4. The number of H-pyrrole nitrogens is 1. The summed E-state index contributed by atoms with van der Waals surface area (Å²) in [7, 11) is 0. The zero-order valence-corrected chi connectivity index (χ0v) is 8.50. The van der Waals surface area contributed by atoms with Crippen molar-refractivity contribution in [3.8, 4) is 0 Å². The molecule has 0 aliphatic carbocycles. The van der Waals surface area contributed by atoms with Crippen molar-refractivity contribution in [1.29, 1.82) is 0 Å². The Balaban J connectivity index is 2.39. The van der Waals surface area contributed by atoms with E-state index in [9.17, 15) is 4.79 Å². The molecule has 0 atom stereocenters. The highest BCUT2D eigenvalue weighted by Gasteiger charge is 2.02. The number of nitrogens with one attached hydrogen (secondary N) is 2. The van der Waals surface area contributed by atoms with Crippen LogP contribution in [0.25, 0.3) is 0 Å². The fourth-order valence-corrected chi connectivity index (χ4v) is 1.10. The van der Waals surface area contributed by atoms with E-state index < -0.39 is 0 Å². The van der Waals surface area contributed by atoms with Crippen LogP contribution < -0.4 is 5.32 Å². The second-order valence-electron chi connectivity index (χ2n) is 3.06. The normalized spacial score (nSPS) is 11.4. The number of rotatable bonds is 4. The number of amides is 1. The number of carbonyl (C=O) groups excluding carboxylic acids is 1. The van der Waals surface area contributed by atoms with Gasteiger partial charge in [0.15, 0.2) is 0 Å². The molecule has 1 aromatic heterocycles. The lowest BCUT2D eigenvalue weighted by Crippen LogP contribution is -2.23. The Kier molecular flexibility index (Phi) is 3.91. The van der Waals surface area contributed by atoms with Gasteiger partial charge in [0.1, 0.15) is 0 Å². The third-order valence-electron chi connectivity index (χ3n) is 1.87. The molecule has 0 aliphatic heterocycles. The van der Waals surface area contributed by atoms with Gasteiger partial charge in [-0.3, -0.25) is 9.89 Å². The van der Waals surface area contributed by atoms with E-state index >= 15 is 0 Å². The van der Waals surface area contributed by atoms with Crippen molar-refractivity contribution < 1.29 is 4.79 Å². The van der Waals surface area contributed by atoms with E-state index in [1.165, 1.54) is 0 Å². The van der Waals surface area contributed by atoms with Crippen LogP contribution in [0, 0.1) is 0 Å². The van der Waals surface area contributed by atoms with Crippen LogP contribution in [0.5, 0.6) is 0 Å². The zero-order chi connectivity index (χ0) is 10.4.